The van der Waals surface area contributed by atoms with Crippen LogP contribution in [0.25, 0.3) is 0 Å². The molecule has 0 heterocycles. The van der Waals surface area contributed by atoms with E-state index < -0.39 is 5.97 Å². The number of urea groups is 1. The topological polar surface area (TPSA) is 78.4 Å². The van der Waals surface area contributed by atoms with E-state index in [1.165, 1.54) is 6.42 Å². The fraction of sp³-hybridized carbons (Fsp3) is 0.846. The summed E-state index contributed by atoms with van der Waals surface area (Å²) >= 11 is 0. The Bertz CT molecular complexity index is 288. The van der Waals surface area contributed by atoms with Gasteiger partial charge in [0.25, 0.3) is 0 Å². The first-order valence-electron chi connectivity index (χ1n) is 6.80. The molecule has 0 saturated heterocycles. The maximum atomic E-state index is 11.5. The number of unbranched alkanes of at least 4 members (excludes halogenated alkanes) is 3. The zero-order valence-electron chi connectivity index (χ0n) is 11.1. The lowest BCUT2D eigenvalue weighted by molar-refractivity contribution is -0.137. The van der Waals surface area contributed by atoms with Gasteiger partial charge in [-0.05, 0) is 39.0 Å². The Balaban J connectivity index is 1.91. The fourth-order valence-corrected chi connectivity index (χ4v) is 2.11. The van der Waals surface area contributed by atoms with E-state index in [1.54, 1.807) is 0 Å². The van der Waals surface area contributed by atoms with E-state index in [4.69, 9.17) is 5.11 Å². The third-order valence-electron chi connectivity index (χ3n) is 3.48. The molecule has 5 heteroatoms. The third kappa shape index (κ3) is 5.89. The largest absolute Gasteiger partial charge is 0.481 e. The van der Waals surface area contributed by atoms with Crippen LogP contribution in [0.3, 0.4) is 0 Å². The van der Waals surface area contributed by atoms with Crippen molar-refractivity contribution >= 4 is 12.0 Å². The highest BCUT2D eigenvalue weighted by molar-refractivity contribution is 5.74. The van der Waals surface area contributed by atoms with Crippen molar-refractivity contribution in [2.24, 2.45) is 0 Å². The lowest BCUT2D eigenvalue weighted by atomic mass is 9.79. The maximum absolute atomic E-state index is 11.5. The molecule has 1 saturated carbocycles. The first-order chi connectivity index (χ1) is 8.52. The molecule has 0 aromatic rings. The predicted molar refractivity (Wildman–Crippen MR) is 69.5 cm³/mol. The van der Waals surface area contributed by atoms with Crippen LogP contribution in [-0.2, 0) is 4.79 Å². The van der Waals surface area contributed by atoms with Crippen molar-refractivity contribution in [3.8, 4) is 0 Å². The summed E-state index contributed by atoms with van der Waals surface area (Å²) in [5, 5.41) is 14.3. The van der Waals surface area contributed by atoms with Gasteiger partial charge < -0.3 is 15.7 Å². The molecule has 0 aromatic carbocycles. The number of carboxylic acids is 1. The Morgan fingerprint density at radius 2 is 1.83 bits per heavy atom. The van der Waals surface area contributed by atoms with Crippen molar-refractivity contribution in [2.45, 2.75) is 63.8 Å². The minimum absolute atomic E-state index is 0.00553. The van der Waals surface area contributed by atoms with Crippen molar-refractivity contribution in [3.05, 3.63) is 0 Å². The number of rotatable bonds is 8. The number of carboxylic acid groups (broad SMARTS) is 1. The number of nitrogens with one attached hydrogen (secondary N) is 2. The number of hydrogen-bond donors (Lipinski definition) is 3. The normalized spacial score (nSPS) is 16.7. The molecule has 0 unspecified atom stereocenters. The molecule has 3 N–H and O–H groups in total. The second kappa shape index (κ2) is 7.24. The summed E-state index contributed by atoms with van der Waals surface area (Å²) in [6.07, 6.45) is 7.07. The van der Waals surface area contributed by atoms with Crippen LogP contribution >= 0.6 is 0 Å². The van der Waals surface area contributed by atoms with Crippen LogP contribution in [0.5, 0.6) is 0 Å². The molecule has 18 heavy (non-hydrogen) atoms. The lowest BCUT2D eigenvalue weighted by Gasteiger charge is -2.39. The zero-order valence-corrected chi connectivity index (χ0v) is 11.1. The summed E-state index contributed by atoms with van der Waals surface area (Å²) < 4.78 is 0. The predicted octanol–water partition coefficient (Wildman–Crippen LogP) is 2.26. The molecule has 0 aromatic heterocycles. The van der Waals surface area contributed by atoms with Gasteiger partial charge in [-0.15, -0.1) is 0 Å². The van der Waals surface area contributed by atoms with E-state index >= 15 is 0 Å². The Morgan fingerprint density at radius 3 is 2.39 bits per heavy atom. The van der Waals surface area contributed by atoms with Crippen molar-refractivity contribution in [2.75, 3.05) is 6.54 Å². The van der Waals surface area contributed by atoms with Crippen molar-refractivity contribution in [3.63, 3.8) is 0 Å². The first-order valence-corrected chi connectivity index (χ1v) is 6.80. The highest BCUT2D eigenvalue weighted by Gasteiger charge is 2.32. The number of carbonyl (C=O) groups excluding carboxylic acids is 1. The average molecular weight is 256 g/mol. The van der Waals surface area contributed by atoms with Crippen molar-refractivity contribution in [1.29, 1.82) is 0 Å². The zero-order chi connectivity index (χ0) is 13.4. The van der Waals surface area contributed by atoms with Crippen LogP contribution in [0.2, 0.25) is 0 Å². The summed E-state index contributed by atoms with van der Waals surface area (Å²) in [5.41, 5.74) is 0.00553. The van der Waals surface area contributed by atoms with Crippen molar-refractivity contribution in [1.82, 2.24) is 10.6 Å². The van der Waals surface area contributed by atoms with Crippen LogP contribution in [0.15, 0.2) is 0 Å². The van der Waals surface area contributed by atoms with Gasteiger partial charge in [-0.25, -0.2) is 4.79 Å². The minimum Gasteiger partial charge on any atom is -0.481 e. The molecule has 0 bridgehead atoms. The molecule has 0 spiro atoms. The number of carbonyl (C=O) groups is 2. The van der Waals surface area contributed by atoms with Crippen LogP contribution in [-0.4, -0.2) is 29.2 Å². The highest BCUT2D eigenvalue weighted by Crippen LogP contribution is 2.30. The molecule has 1 rings (SSSR count). The van der Waals surface area contributed by atoms with Gasteiger partial charge in [-0.2, -0.15) is 0 Å². The van der Waals surface area contributed by atoms with E-state index in [9.17, 15) is 9.59 Å². The van der Waals surface area contributed by atoms with Gasteiger partial charge >= 0.3 is 12.0 Å². The molecule has 0 radical (unpaired) electrons. The summed E-state index contributed by atoms with van der Waals surface area (Å²) in [6, 6.07) is -0.0808. The molecular weight excluding hydrogens is 232 g/mol. The standard InChI is InChI=1S/C13H24N2O3/c1-13(8-6-9-13)15-12(18)14-10-5-3-2-4-7-11(16)17/h2-10H2,1H3,(H,16,17)(H2,14,15,18). The Labute approximate surface area is 108 Å². The number of aliphatic carboxylic acids is 1. The summed E-state index contributed by atoms with van der Waals surface area (Å²) in [7, 11) is 0. The molecule has 2 amide bonds. The average Bonchev–Trinajstić information content (AvgIpc) is 2.25. The van der Waals surface area contributed by atoms with Gasteiger partial charge in [0.1, 0.15) is 0 Å². The lowest BCUT2D eigenvalue weighted by Crippen LogP contribution is -2.54. The van der Waals surface area contributed by atoms with Crippen LogP contribution < -0.4 is 10.6 Å². The smallest absolute Gasteiger partial charge is 0.315 e. The summed E-state index contributed by atoms with van der Waals surface area (Å²) in [4.78, 5) is 21.8. The van der Waals surface area contributed by atoms with Crippen LogP contribution in [0.1, 0.15) is 58.3 Å². The van der Waals surface area contributed by atoms with E-state index in [0.717, 1.165) is 38.5 Å². The van der Waals surface area contributed by atoms with Crippen molar-refractivity contribution < 1.29 is 14.7 Å². The van der Waals surface area contributed by atoms with E-state index in [0.29, 0.717) is 6.54 Å². The molecule has 1 fully saturated rings. The minimum atomic E-state index is -0.735. The maximum Gasteiger partial charge on any atom is 0.315 e. The second-order valence-corrected chi connectivity index (χ2v) is 5.35. The molecule has 0 aliphatic heterocycles. The van der Waals surface area contributed by atoms with Gasteiger partial charge in [0, 0.05) is 18.5 Å². The summed E-state index contributed by atoms with van der Waals surface area (Å²) in [6.45, 7) is 2.73. The molecule has 104 valence electrons. The van der Waals surface area contributed by atoms with Gasteiger partial charge in [0.2, 0.25) is 0 Å². The van der Waals surface area contributed by atoms with Gasteiger partial charge in [0.15, 0.2) is 0 Å². The summed E-state index contributed by atoms with van der Waals surface area (Å²) in [5.74, 6) is -0.735. The first kappa shape index (κ1) is 14.8. The second-order valence-electron chi connectivity index (χ2n) is 5.35. The van der Waals surface area contributed by atoms with E-state index in [1.807, 2.05) is 0 Å². The number of amides is 2. The Morgan fingerprint density at radius 1 is 1.17 bits per heavy atom. The van der Waals surface area contributed by atoms with Gasteiger partial charge in [-0.1, -0.05) is 12.8 Å². The fourth-order valence-electron chi connectivity index (χ4n) is 2.11. The molecular formula is C13H24N2O3. The number of hydrogen-bond acceptors (Lipinski definition) is 2. The molecule has 1 aliphatic rings. The van der Waals surface area contributed by atoms with Crippen LogP contribution in [0, 0.1) is 0 Å². The molecule has 5 nitrogen and oxygen atoms in total. The Kier molecular flexibility index (Phi) is 5.95. The van der Waals surface area contributed by atoms with E-state index in [-0.39, 0.29) is 18.0 Å². The van der Waals surface area contributed by atoms with Gasteiger partial charge in [0.05, 0.1) is 0 Å². The van der Waals surface area contributed by atoms with Crippen LogP contribution in [0.4, 0.5) is 4.79 Å². The highest BCUT2D eigenvalue weighted by atomic mass is 16.4. The quantitative estimate of drug-likeness (QED) is 0.583. The third-order valence-corrected chi connectivity index (χ3v) is 3.48. The monoisotopic (exact) mass is 256 g/mol. The van der Waals surface area contributed by atoms with Gasteiger partial charge in [-0.3, -0.25) is 4.79 Å². The molecule has 1 aliphatic carbocycles. The van der Waals surface area contributed by atoms with E-state index in [2.05, 4.69) is 17.6 Å². The molecule has 0 atom stereocenters. The SMILES string of the molecule is CC1(NC(=O)NCCCCCCC(=O)O)CCC1. The Hall–Kier alpha value is -1.26.